The van der Waals surface area contributed by atoms with E-state index in [9.17, 15) is 5.11 Å². The number of hydrogen-bond donors (Lipinski definition) is 1. The fraction of sp³-hybridized carbons (Fsp3) is 0.500. The number of hydrogen-bond acceptors (Lipinski definition) is 5. The van der Waals surface area contributed by atoms with E-state index in [1.54, 1.807) is 17.3 Å². The van der Waals surface area contributed by atoms with Gasteiger partial charge in [-0.05, 0) is 17.7 Å². The van der Waals surface area contributed by atoms with Gasteiger partial charge in [0, 0.05) is 6.20 Å². The van der Waals surface area contributed by atoms with E-state index in [0.29, 0.717) is 19.7 Å². The van der Waals surface area contributed by atoms with Crippen molar-refractivity contribution in [2.45, 2.75) is 12.6 Å². The number of aliphatic hydroxyl groups is 1. The summed E-state index contributed by atoms with van der Waals surface area (Å²) >= 11 is 5.63. The van der Waals surface area contributed by atoms with Crippen molar-refractivity contribution in [3.05, 3.63) is 23.2 Å². The molecule has 2 rings (SSSR count). The summed E-state index contributed by atoms with van der Waals surface area (Å²) in [6, 6.07) is 1.76. The number of rotatable bonds is 2. The third-order valence-electron chi connectivity index (χ3n) is 1.89. The molecule has 5 nitrogen and oxygen atoms in total. The zero-order valence-corrected chi connectivity index (χ0v) is 8.18. The molecular weight excluding hydrogens is 206 g/mol. The number of halogens is 1. The molecule has 1 aromatic rings. The number of β-amino-alcohol motifs (C(OH)–C–C–N with tert-alkyl or cyclic N) is 1. The van der Waals surface area contributed by atoms with E-state index in [-0.39, 0.29) is 5.28 Å². The smallest absolute Gasteiger partial charge is 0.222 e. The van der Waals surface area contributed by atoms with Crippen LogP contribution in [-0.4, -0.2) is 39.4 Å². The van der Waals surface area contributed by atoms with Gasteiger partial charge >= 0.3 is 0 Å². The van der Waals surface area contributed by atoms with Gasteiger partial charge in [0.25, 0.3) is 0 Å². The van der Waals surface area contributed by atoms with Crippen LogP contribution in [0.2, 0.25) is 5.28 Å². The minimum Gasteiger partial charge on any atom is -0.389 e. The molecule has 6 heteroatoms. The van der Waals surface area contributed by atoms with Crippen molar-refractivity contribution >= 4 is 11.6 Å². The molecule has 0 saturated carbocycles. The van der Waals surface area contributed by atoms with Crippen molar-refractivity contribution in [2.75, 3.05) is 13.2 Å². The maximum atomic E-state index is 9.21. The molecular formula is C8H10ClN3O2. The fourth-order valence-corrected chi connectivity index (χ4v) is 1.45. The summed E-state index contributed by atoms with van der Waals surface area (Å²) in [5.41, 5.74) is 0.777. The van der Waals surface area contributed by atoms with Crippen LogP contribution >= 0.6 is 11.6 Å². The van der Waals surface area contributed by atoms with Crippen LogP contribution in [0.3, 0.4) is 0 Å². The third kappa shape index (κ3) is 2.39. The van der Waals surface area contributed by atoms with Crippen molar-refractivity contribution < 1.29 is 9.94 Å². The molecule has 14 heavy (non-hydrogen) atoms. The van der Waals surface area contributed by atoms with E-state index >= 15 is 0 Å². The first kappa shape index (κ1) is 9.79. The van der Waals surface area contributed by atoms with Gasteiger partial charge in [0.15, 0.2) is 0 Å². The van der Waals surface area contributed by atoms with E-state index in [0.717, 1.165) is 5.69 Å². The number of aliphatic hydroxyl groups excluding tert-OH is 1. The molecule has 0 bridgehead atoms. The van der Waals surface area contributed by atoms with E-state index < -0.39 is 6.10 Å². The van der Waals surface area contributed by atoms with Gasteiger partial charge in [-0.25, -0.2) is 9.97 Å². The van der Waals surface area contributed by atoms with Crippen LogP contribution < -0.4 is 0 Å². The fourth-order valence-electron chi connectivity index (χ4n) is 1.28. The van der Waals surface area contributed by atoms with Crippen LogP contribution in [0.4, 0.5) is 0 Å². The highest BCUT2D eigenvalue weighted by Gasteiger charge is 2.21. The van der Waals surface area contributed by atoms with E-state index in [2.05, 4.69) is 9.97 Å². The summed E-state index contributed by atoms with van der Waals surface area (Å²) in [6.45, 7) is 1.36. The molecule has 0 spiro atoms. The second-order valence-corrected chi connectivity index (χ2v) is 3.43. The lowest BCUT2D eigenvalue weighted by Crippen LogP contribution is -2.21. The first-order valence-electron chi connectivity index (χ1n) is 4.27. The van der Waals surface area contributed by atoms with Gasteiger partial charge < -0.3 is 5.11 Å². The lowest BCUT2D eigenvalue weighted by Gasteiger charge is -2.12. The van der Waals surface area contributed by atoms with Gasteiger partial charge in [-0.1, -0.05) is 0 Å². The average molecular weight is 216 g/mol. The van der Waals surface area contributed by atoms with Gasteiger partial charge in [0.05, 0.1) is 31.5 Å². The average Bonchev–Trinajstić information content (AvgIpc) is 2.51. The summed E-state index contributed by atoms with van der Waals surface area (Å²) in [5, 5.41) is 11.1. The molecule has 0 unspecified atom stereocenters. The maximum absolute atomic E-state index is 9.21. The van der Waals surface area contributed by atoms with Crippen molar-refractivity contribution in [1.29, 1.82) is 0 Å². The van der Waals surface area contributed by atoms with Crippen LogP contribution in [0.25, 0.3) is 0 Å². The van der Waals surface area contributed by atoms with E-state index in [1.807, 2.05) is 0 Å². The van der Waals surface area contributed by atoms with Crippen molar-refractivity contribution in [2.24, 2.45) is 0 Å². The Bertz CT molecular complexity index is 323. The molecule has 1 atom stereocenters. The molecule has 2 heterocycles. The molecule has 0 aromatic carbocycles. The summed E-state index contributed by atoms with van der Waals surface area (Å²) in [6.07, 6.45) is 1.18. The molecule has 1 aliphatic heterocycles. The van der Waals surface area contributed by atoms with Gasteiger partial charge in [-0.15, -0.1) is 0 Å². The van der Waals surface area contributed by atoms with Crippen molar-refractivity contribution in [3.63, 3.8) is 0 Å². The molecule has 0 radical (unpaired) electrons. The van der Waals surface area contributed by atoms with Crippen LogP contribution in [0.15, 0.2) is 12.3 Å². The van der Waals surface area contributed by atoms with E-state index in [1.165, 1.54) is 0 Å². The first-order valence-corrected chi connectivity index (χ1v) is 4.65. The Morgan fingerprint density at radius 3 is 3.21 bits per heavy atom. The van der Waals surface area contributed by atoms with Crippen LogP contribution in [0.5, 0.6) is 0 Å². The highest BCUT2D eigenvalue weighted by atomic mass is 35.5. The van der Waals surface area contributed by atoms with Gasteiger partial charge in [0.2, 0.25) is 5.28 Å². The maximum Gasteiger partial charge on any atom is 0.222 e. The molecule has 0 amide bonds. The lowest BCUT2D eigenvalue weighted by atomic mass is 10.3. The molecule has 76 valence electrons. The Labute approximate surface area is 86.2 Å². The Morgan fingerprint density at radius 1 is 1.71 bits per heavy atom. The van der Waals surface area contributed by atoms with Crippen molar-refractivity contribution in [3.8, 4) is 0 Å². The Kier molecular flexibility index (Phi) is 2.93. The first-order chi connectivity index (χ1) is 6.74. The number of hydroxylamine groups is 2. The Hall–Kier alpha value is -0.750. The van der Waals surface area contributed by atoms with Crippen LogP contribution in [0, 0.1) is 0 Å². The summed E-state index contributed by atoms with van der Waals surface area (Å²) in [4.78, 5) is 13.0. The predicted octanol–water partition coefficient (Wildman–Crippen LogP) is 0.238. The second-order valence-electron chi connectivity index (χ2n) is 3.09. The standard InChI is InChI=1S/C8H10ClN3O2/c9-8-10-2-1-6(11-8)3-12-4-7(13)5-14-12/h1-2,7,13H,3-5H2/t7-/m0/s1. The normalized spacial score (nSPS) is 22.9. The molecule has 1 fully saturated rings. The second kappa shape index (κ2) is 4.18. The SMILES string of the molecule is O[C@@H]1CON(Cc2ccnc(Cl)n2)C1. The quantitative estimate of drug-likeness (QED) is 0.717. The highest BCUT2D eigenvalue weighted by Crippen LogP contribution is 2.10. The lowest BCUT2D eigenvalue weighted by molar-refractivity contribution is -0.118. The minimum absolute atomic E-state index is 0.224. The molecule has 1 aliphatic rings. The van der Waals surface area contributed by atoms with Crippen LogP contribution in [0.1, 0.15) is 5.69 Å². The Balaban J connectivity index is 1.97. The zero-order valence-electron chi connectivity index (χ0n) is 7.43. The third-order valence-corrected chi connectivity index (χ3v) is 2.07. The van der Waals surface area contributed by atoms with Crippen molar-refractivity contribution in [1.82, 2.24) is 15.0 Å². The van der Waals surface area contributed by atoms with E-state index in [4.69, 9.17) is 16.4 Å². The molecule has 0 aliphatic carbocycles. The topological polar surface area (TPSA) is 58.5 Å². The number of aromatic nitrogens is 2. The summed E-state index contributed by atoms with van der Waals surface area (Å²) in [5.74, 6) is 0. The Morgan fingerprint density at radius 2 is 2.57 bits per heavy atom. The minimum atomic E-state index is -0.410. The highest BCUT2D eigenvalue weighted by molar-refractivity contribution is 6.28. The van der Waals surface area contributed by atoms with Gasteiger partial charge in [-0.2, -0.15) is 5.06 Å². The predicted molar refractivity (Wildman–Crippen MR) is 49.4 cm³/mol. The van der Waals surface area contributed by atoms with Crippen LogP contribution in [-0.2, 0) is 11.4 Å². The summed E-state index contributed by atoms with van der Waals surface area (Å²) < 4.78 is 0. The number of nitrogens with zero attached hydrogens (tertiary/aromatic N) is 3. The molecule has 1 saturated heterocycles. The van der Waals surface area contributed by atoms with Gasteiger partial charge in [0.1, 0.15) is 0 Å². The monoisotopic (exact) mass is 215 g/mol. The largest absolute Gasteiger partial charge is 0.389 e. The molecule has 1 aromatic heterocycles. The zero-order chi connectivity index (χ0) is 9.97. The molecule has 1 N–H and O–H groups in total. The van der Waals surface area contributed by atoms with Gasteiger partial charge in [-0.3, -0.25) is 4.84 Å². The summed E-state index contributed by atoms with van der Waals surface area (Å²) in [7, 11) is 0.